The second-order valence-corrected chi connectivity index (χ2v) is 4.29. The zero-order valence-electron chi connectivity index (χ0n) is 9.57. The summed E-state index contributed by atoms with van der Waals surface area (Å²) in [7, 11) is 3.03. The van der Waals surface area contributed by atoms with E-state index in [1.165, 1.54) is 14.2 Å². The molecule has 0 heterocycles. The number of aliphatic carboxylic acids is 1. The number of hydrogen-bond donors (Lipinski definition) is 2. The van der Waals surface area contributed by atoms with Gasteiger partial charge in [-0.1, -0.05) is 0 Å². The van der Waals surface area contributed by atoms with Crippen LogP contribution in [-0.2, 0) is 4.79 Å². The summed E-state index contributed by atoms with van der Waals surface area (Å²) in [5.41, 5.74) is 6.42. The van der Waals surface area contributed by atoms with Gasteiger partial charge in [0.2, 0.25) is 0 Å². The maximum atomic E-state index is 10.6. The van der Waals surface area contributed by atoms with E-state index in [1.807, 2.05) is 0 Å². The molecule has 1 rings (SSSR count). The van der Waals surface area contributed by atoms with Crippen molar-refractivity contribution in [3.63, 3.8) is 0 Å². The lowest BCUT2D eigenvalue weighted by Crippen LogP contribution is -2.16. The van der Waals surface area contributed by atoms with Crippen LogP contribution in [0.1, 0.15) is 18.0 Å². The third-order valence-electron chi connectivity index (χ3n) is 2.30. The molecule has 0 bridgehead atoms. The Balaban J connectivity index is 3.15. The summed E-state index contributed by atoms with van der Waals surface area (Å²) in [6.45, 7) is 0. The van der Waals surface area contributed by atoms with E-state index in [-0.39, 0.29) is 6.42 Å². The number of benzene rings is 1. The zero-order chi connectivity index (χ0) is 13.0. The highest BCUT2D eigenvalue weighted by Crippen LogP contribution is 2.35. The molecule has 1 aromatic carbocycles. The minimum absolute atomic E-state index is 0.166. The fraction of sp³-hybridized carbons (Fsp3) is 0.364. The van der Waals surface area contributed by atoms with E-state index in [0.29, 0.717) is 17.1 Å². The van der Waals surface area contributed by atoms with Gasteiger partial charge in [-0.25, -0.2) is 0 Å². The first-order chi connectivity index (χ1) is 7.99. The first-order valence-corrected chi connectivity index (χ1v) is 5.67. The number of carbonyl (C=O) groups is 1. The van der Waals surface area contributed by atoms with Gasteiger partial charge in [0.15, 0.2) is 0 Å². The number of halogens is 1. The van der Waals surface area contributed by atoms with Crippen molar-refractivity contribution in [3.05, 3.63) is 22.2 Å². The second-order valence-electron chi connectivity index (χ2n) is 3.43. The van der Waals surface area contributed by atoms with Crippen molar-refractivity contribution in [2.24, 2.45) is 5.73 Å². The number of carboxylic acid groups (broad SMARTS) is 1. The normalized spacial score (nSPS) is 12.0. The molecule has 0 radical (unpaired) electrons. The molecule has 0 amide bonds. The Morgan fingerprint density at radius 3 is 2.47 bits per heavy atom. The molecule has 5 nitrogen and oxygen atoms in total. The topological polar surface area (TPSA) is 81.8 Å². The van der Waals surface area contributed by atoms with Gasteiger partial charge in [-0.05, 0) is 28.1 Å². The zero-order valence-corrected chi connectivity index (χ0v) is 11.2. The SMILES string of the molecule is COc1cc(C(N)CC(=O)O)c(OC)cc1Br. The number of methoxy groups -OCH3 is 2. The number of ether oxygens (including phenoxy) is 2. The molecule has 0 aliphatic rings. The van der Waals surface area contributed by atoms with Gasteiger partial charge in [-0.2, -0.15) is 0 Å². The van der Waals surface area contributed by atoms with Gasteiger partial charge in [0.25, 0.3) is 0 Å². The van der Waals surface area contributed by atoms with E-state index in [0.717, 1.165) is 4.47 Å². The molecule has 0 fully saturated rings. The maximum Gasteiger partial charge on any atom is 0.305 e. The first kappa shape index (κ1) is 13.8. The fourth-order valence-corrected chi connectivity index (χ4v) is 1.96. The lowest BCUT2D eigenvalue weighted by Gasteiger charge is -2.16. The highest BCUT2D eigenvalue weighted by atomic mass is 79.9. The molecule has 1 atom stereocenters. The Hall–Kier alpha value is -1.27. The van der Waals surface area contributed by atoms with Gasteiger partial charge in [-0.3, -0.25) is 4.79 Å². The lowest BCUT2D eigenvalue weighted by atomic mass is 10.0. The van der Waals surface area contributed by atoms with Gasteiger partial charge in [0.1, 0.15) is 11.5 Å². The maximum absolute atomic E-state index is 10.6. The third kappa shape index (κ3) is 3.34. The van der Waals surface area contributed by atoms with E-state index < -0.39 is 12.0 Å². The molecule has 0 aliphatic heterocycles. The highest BCUT2D eigenvalue weighted by molar-refractivity contribution is 9.10. The van der Waals surface area contributed by atoms with Crippen LogP contribution in [0.25, 0.3) is 0 Å². The predicted octanol–water partition coefficient (Wildman–Crippen LogP) is 1.94. The lowest BCUT2D eigenvalue weighted by molar-refractivity contribution is -0.137. The summed E-state index contributed by atoms with van der Waals surface area (Å²) in [6, 6.07) is 2.75. The first-order valence-electron chi connectivity index (χ1n) is 4.88. The quantitative estimate of drug-likeness (QED) is 0.869. The average molecular weight is 304 g/mol. The van der Waals surface area contributed by atoms with Gasteiger partial charge in [0.05, 0.1) is 25.1 Å². The Morgan fingerprint density at radius 2 is 2.00 bits per heavy atom. The Labute approximate surface area is 108 Å². The molecule has 3 N–H and O–H groups in total. The molecule has 0 aromatic heterocycles. The number of nitrogens with two attached hydrogens (primary N) is 1. The molecule has 0 saturated carbocycles. The summed E-state index contributed by atoms with van der Waals surface area (Å²) < 4.78 is 11.0. The van der Waals surface area contributed by atoms with E-state index in [2.05, 4.69) is 15.9 Å². The summed E-state index contributed by atoms with van der Waals surface area (Å²) in [4.78, 5) is 10.6. The van der Waals surface area contributed by atoms with Crippen LogP contribution >= 0.6 is 15.9 Å². The summed E-state index contributed by atoms with van der Waals surface area (Å²) in [5, 5.41) is 8.73. The molecule has 0 saturated heterocycles. The average Bonchev–Trinajstić information content (AvgIpc) is 2.27. The highest BCUT2D eigenvalue weighted by Gasteiger charge is 2.18. The molecule has 0 aliphatic carbocycles. The third-order valence-corrected chi connectivity index (χ3v) is 2.92. The van der Waals surface area contributed by atoms with E-state index in [4.69, 9.17) is 20.3 Å². The van der Waals surface area contributed by atoms with Gasteiger partial charge >= 0.3 is 5.97 Å². The molecule has 1 aromatic rings. The monoisotopic (exact) mass is 303 g/mol. The van der Waals surface area contributed by atoms with Crippen LogP contribution in [0, 0.1) is 0 Å². The Kier molecular flexibility index (Phi) is 4.77. The Bertz CT molecular complexity index is 422. The van der Waals surface area contributed by atoms with Crippen molar-refractivity contribution in [2.75, 3.05) is 14.2 Å². The van der Waals surface area contributed by atoms with Crippen molar-refractivity contribution < 1.29 is 19.4 Å². The van der Waals surface area contributed by atoms with Crippen molar-refractivity contribution >= 4 is 21.9 Å². The molecular formula is C11H14BrNO4. The van der Waals surface area contributed by atoms with Crippen LogP contribution in [0.15, 0.2) is 16.6 Å². The standard InChI is InChI=1S/C11H14BrNO4/c1-16-9-4-7(12)10(17-2)3-6(9)8(13)5-11(14)15/h3-4,8H,5,13H2,1-2H3,(H,14,15). The van der Waals surface area contributed by atoms with Crippen molar-refractivity contribution in [1.29, 1.82) is 0 Å². The van der Waals surface area contributed by atoms with Crippen molar-refractivity contribution in [1.82, 2.24) is 0 Å². The molecule has 6 heteroatoms. The minimum atomic E-state index is -0.957. The van der Waals surface area contributed by atoms with Crippen LogP contribution in [0.3, 0.4) is 0 Å². The molecule has 0 spiro atoms. The number of hydrogen-bond acceptors (Lipinski definition) is 4. The molecule has 94 valence electrons. The van der Waals surface area contributed by atoms with Crippen LogP contribution in [0.2, 0.25) is 0 Å². The largest absolute Gasteiger partial charge is 0.496 e. The fourth-order valence-electron chi connectivity index (χ4n) is 1.47. The van der Waals surface area contributed by atoms with E-state index in [9.17, 15) is 4.79 Å². The van der Waals surface area contributed by atoms with Gasteiger partial charge in [0, 0.05) is 11.6 Å². The van der Waals surface area contributed by atoms with Crippen LogP contribution < -0.4 is 15.2 Å². The molecular weight excluding hydrogens is 290 g/mol. The molecule has 1 unspecified atom stereocenters. The Morgan fingerprint density at radius 1 is 1.41 bits per heavy atom. The minimum Gasteiger partial charge on any atom is -0.496 e. The summed E-state index contributed by atoms with van der Waals surface area (Å²) >= 11 is 3.32. The number of rotatable bonds is 5. The number of carboxylic acids is 1. The predicted molar refractivity (Wildman–Crippen MR) is 66.4 cm³/mol. The van der Waals surface area contributed by atoms with E-state index >= 15 is 0 Å². The van der Waals surface area contributed by atoms with Crippen LogP contribution in [0.4, 0.5) is 0 Å². The summed E-state index contributed by atoms with van der Waals surface area (Å²) in [5.74, 6) is 0.162. The van der Waals surface area contributed by atoms with Gasteiger partial charge in [-0.15, -0.1) is 0 Å². The summed E-state index contributed by atoms with van der Waals surface area (Å²) in [6.07, 6.45) is -0.166. The van der Waals surface area contributed by atoms with Crippen LogP contribution in [-0.4, -0.2) is 25.3 Å². The van der Waals surface area contributed by atoms with E-state index in [1.54, 1.807) is 12.1 Å². The smallest absolute Gasteiger partial charge is 0.305 e. The van der Waals surface area contributed by atoms with Gasteiger partial charge < -0.3 is 20.3 Å². The molecule has 17 heavy (non-hydrogen) atoms. The van der Waals surface area contributed by atoms with Crippen LogP contribution in [0.5, 0.6) is 11.5 Å². The van der Waals surface area contributed by atoms with Crippen molar-refractivity contribution in [2.45, 2.75) is 12.5 Å². The van der Waals surface area contributed by atoms with Crippen molar-refractivity contribution in [3.8, 4) is 11.5 Å². The second kappa shape index (κ2) is 5.88.